The Balaban J connectivity index is 2.50. The number of nitrogens with one attached hydrogen (secondary N) is 1. The predicted octanol–water partition coefficient (Wildman–Crippen LogP) is 0.0391. The zero-order chi connectivity index (χ0) is 18.0. The smallest absolute Gasteiger partial charge is 0.348 e. The van der Waals surface area contributed by atoms with E-state index in [1.165, 1.54) is 14.0 Å². The van der Waals surface area contributed by atoms with Crippen molar-refractivity contribution in [1.29, 1.82) is 0 Å². The summed E-state index contributed by atoms with van der Waals surface area (Å²) >= 11 is 0.947. The van der Waals surface area contributed by atoms with Crippen molar-refractivity contribution in [3.63, 3.8) is 0 Å². The monoisotopic (exact) mass is 353 g/mol. The van der Waals surface area contributed by atoms with Gasteiger partial charge in [0.25, 0.3) is 11.5 Å². The van der Waals surface area contributed by atoms with Gasteiger partial charge in [0.05, 0.1) is 18.9 Å². The molecule has 0 aromatic carbocycles. The Hall–Kier alpha value is -2.75. The van der Waals surface area contributed by atoms with E-state index < -0.39 is 35.9 Å². The number of amides is 1. The summed E-state index contributed by atoms with van der Waals surface area (Å²) in [7, 11) is 1.19. The third-order valence-corrected chi connectivity index (χ3v) is 4.29. The Morgan fingerprint density at radius 2 is 2.04 bits per heavy atom. The number of hydrogen-bond donors (Lipinski definition) is 2. The summed E-state index contributed by atoms with van der Waals surface area (Å²) in [6, 6.07) is 0. The lowest BCUT2D eigenvalue weighted by Crippen LogP contribution is -2.31. The van der Waals surface area contributed by atoms with Gasteiger partial charge in [0, 0.05) is 5.56 Å². The van der Waals surface area contributed by atoms with Crippen LogP contribution in [0.3, 0.4) is 0 Å². The van der Waals surface area contributed by atoms with Gasteiger partial charge in [-0.15, -0.1) is 11.3 Å². The molecule has 0 unspecified atom stereocenters. The molecule has 1 amide bonds. The first-order valence-electron chi connectivity index (χ1n) is 6.84. The number of aromatic nitrogens is 2. The van der Waals surface area contributed by atoms with Crippen LogP contribution in [0.15, 0.2) is 4.79 Å². The van der Waals surface area contributed by atoms with Crippen LogP contribution in [0, 0.1) is 6.92 Å². The van der Waals surface area contributed by atoms with Crippen LogP contribution in [0.5, 0.6) is 0 Å². The molecule has 0 radical (unpaired) electrons. The van der Waals surface area contributed by atoms with Crippen molar-refractivity contribution in [3.05, 3.63) is 26.6 Å². The molecule has 24 heavy (non-hydrogen) atoms. The number of fused-ring (bicyclic) bond motifs is 1. The number of thiophene rings is 1. The standard InChI is InChI=1S/C14H15N3O6S/c1-5(11(15)19)23-8(18)4-7-9-12(20)16-6(2)17-13(9)24-10(7)14(21)22-3/h5H,4H2,1-3H3,(H2,15,19)(H,16,17,20)/t5-/m1/s1. The second-order valence-corrected chi connectivity index (χ2v) is 5.94. The van der Waals surface area contributed by atoms with Crippen molar-refractivity contribution >= 4 is 39.4 Å². The van der Waals surface area contributed by atoms with Crippen LogP contribution in [0.25, 0.3) is 10.2 Å². The van der Waals surface area contributed by atoms with Crippen molar-refractivity contribution in [2.75, 3.05) is 7.11 Å². The molecule has 10 heteroatoms. The van der Waals surface area contributed by atoms with E-state index in [-0.39, 0.29) is 15.8 Å². The van der Waals surface area contributed by atoms with Gasteiger partial charge in [-0.1, -0.05) is 0 Å². The molecular formula is C14H15N3O6S. The highest BCUT2D eigenvalue weighted by Crippen LogP contribution is 2.29. The Morgan fingerprint density at radius 1 is 1.38 bits per heavy atom. The van der Waals surface area contributed by atoms with E-state index in [0.717, 1.165) is 11.3 Å². The van der Waals surface area contributed by atoms with E-state index in [9.17, 15) is 19.2 Å². The molecule has 0 aliphatic carbocycles. The number of aromatic amines is 1. The minimum atomic E-state index is -1.12. The first-order valence-corrected chi connectivity index (χ1v) is 7.65. The number of primary amides is 1. The van der Waals surface area contributed by atoms with Gasteiger partial charge in [0.15, 0.2) is 6.10 Å². The molecule has 0 bridgehead atoms. The van der Waals surface area contributed by atoms with Crippen LogP contribution in [0.1, 0.15) is 28.0 Å². The minimum Gasteiger partial charge on any atom is -0.465 e. The predicted molar refractivity (Wildman–Crippen MR) is 84.8 cm³/mol. The molecule has 0 saturated carbocycles. The molecule has 0 aliphatic rings. The molecule has 9 nitrogen and oxygen atoms in total. The number of H-pyrrole nitrogens is 1. The first kappa shape index (κ1) is 17.6. The maximum absolute atomic E-state index is 12.2. The molecule has 0 saturated heterocycles. The molecule has 0 fully saturated rings. The quantitative estimate of drug-likeness (QED) is 0.723. The van der Waals surface area contributed by atoms with Crippen molar-refractivity contribution in [2.24, 2.45) is 5.73 Å². The van der Waals surface area contributed by atoms with Crippen LogP contribution in [-0.2, 0) is 25.5 Å². The number of nitrogens with two attached hydrogens (primary N) is 1. The number of nitrogens with zero attached hydrogens (tertiary/aromatic N) is 1. The number of ether oxygens (including phenoxy) is 2. The summed E-state index contributed by atoms with van der Waals surface area (Å²) in [6.07, 6.45) is -1.52. The van der Waals surface area contributed by atoms with Gasteiger partial charge in [0.2, 0.25) is 0 Å². The number of hydrogen-bond acceptors (Lipinski definition) is 8. The maximum atomic E-state index is 12.2. The van der Waals surface area contributed by atoms with Crippen molar-refractivity contribution < 1.29 is 23.9 Å². The number of rotatable bonds is 5. The van der Waals surface area contributed by atoms with Gasteiger partial charge in [-0.2, -0.15) is 0 Å². The minimum absolute atomic E-state index is 0.0831. The molecule has 128 valence electrons. The number of methoxy groups -OCH3 is 1. The largest absolute Gasteiger partial charge is 0.465 e. The van der Waals surface area contributed by atoms with E-state index in [0.29, 0.717) is 10.7 Å². The normalized spacial score (nSPS) is 12.0. The third kappa shape index (κ3) is 3.43. The average molecular weight is 353 g/mol. The first-order chi connectivity index (χ1) is 11.2. The van der Waals surface area contributed by atoms with Gasteiger partial charge in [-0.05, 0) is 13.8 Å². The summed E-state index contributed by atoms with van der Waals surface area (Å²) in [5.41, 5.74) is 4.71. The highest BCUT2D eigenvalue weighted by atomic mass is 32.1. The van der Waals surface area contributed by atoms with Crippen molar-refractivity contribution in [2.45, 2.75) is 26.4 Å². The zero-order valence-corrected chi connectivity index (χ0v) is 14.0. The molecule has 0 spiro atoms. The number of esters is 2. The van der Waals surface area contributed by atoms with Gasteiger partial charge in [-0.3, -0.25) is 14.4 Å². The van der Waals surface area contributed by atoms with E-state index in [4.69, 9.17) is 10.5 Å². The lowest BCUT2D eigenvalue weighted by Gasteiger charge is -2.09. The summed E-state index contributed by atoms with van der Waals surface area (Å²) in [6.45, 7) is 2.92. The van der Waals surface area contributed by atoms with Crippen molar-refractivity contribution in [3.8, 4) is 0 Å². The Bertz CT molecular complexity index is 884. The summed E-state index contributed by atoms with van der Waals surface area (Å²) in [4.78, 5) is 54.2. The van der Waals surface area contributed by atoms with Crippen LogP contribution in [0.4, 0.5) is 0 Å². The van der Waals surface area contributed by atoms with Crippen molar-refractivity contribution in [1.82, 2.24) is 9.97 Å². The second-order valence-electron chi connectivity index (χ2n) is 4.94. The fourth-order valence-electron chi connectivity index (χ4n) is 2.04. The number of carbonyl (C=O) groups is 3. The third-order valence-electron chi connectivity index (χ3n) is 3.18. The van der Waals surface area contributed by atoms with Crippen LogP contribution in [0.2, 0.25) is 0 Å². The van der Waals surface area contributed by atoms with E-state index >= 15 is 0 Å². The molecule has 2 aromatic rings. The van der Waals surface area contributed by atoms with Gasteiger partial charge in [-0.25, -0.2) is 9.78 Å². The molecule has 3 N–H and O–H groups in total. The lowest BCUT2D eigenvalue weighted by atomic mass is 10.1. The van der Waals surface area contributed by atoms with Crippen LogP contribution >= 0.6 is 11.3 Å². The van der Waals surface area contributed by atoms with Gasteiger partial charge >= 0.3 is 11.9 Å². The van der Waals surface area contributed by atoms with Crippen LogP contribution < -0.4 is 11.3 Å². The highest BCUT2D eigenvalue weighted by Gasteiger charge is 2.25. The average Bonchev–Trinajstić information content (AvgIpc) is 2.84. The maximum Gasteiger partial charge on any atom is 0.348 e. The molecule has 2 aromatic heterocycles. The Morgan fingerprint density at radius 3 is 2.62 bits per heavy atom. The Labute approximate surface area is 139 Å². The SMILES string of the molecule is COC(=O)c1sc2nc(C)[nH]c(=O)c2c1CC(=O)O[C@H](C)C(N)=O. The zero-order valence-electron chi connectivity index (χ0n) is 13.2. The van der Waals surface area contributed by atoms with Gasteiger partial charge in [0.1, 0.15) is 15.5 Å². The topological polar surface area (TPSA) is 141 Å². The number of carbonyl (C=O) groups excluding carboxylic acids is 3. The molecule has 2 rings (SSSR count). The number of aryl methyl sites for hydroxylation is 1. The molecule has 0 aliphatic heterocycles. The molecular weight excluding hydrogens is 338 g/mol. The van der Waals surface area contributed by atoms with E-state index in [1.807, 2.05) is 0 Å². The molecule has 2 heterocycles. The summed E-state index contributed by atoms with van der Waals surface area (Å²) in [5.74, 6) is -1.92. The fourth-order valence-corrected chi connectivity index (χ4v) is 3.20. The summed E-state index contributed by atoms with van der Waals surface area (Å²) in [5, 5.41) is 0.120. The Kier molecular flexibility index (Phi) is 4.98. The van der Waals surface area contributed by atoms with Crippen LogP contribution in [-0.4, -0.2) is 41.0 Å². The summed E-state index contributed by atoms with van der Waals surface area (Å²) < 4.78 is 9.56. The second kappa shape index (κ2) is 6.79. The van der Waals surface area contributed by atoms with Gasteiger partial charge < -0.3 is 20.2 Å². The van der Waals surface area contributed by atoms with E-state index in [1.54, 1.807) is 6.92 Å². The lowest BCUT2D eigenvalue weighted by molar-refractivity contribution is -0.153. The highest BCUT2D eigenvalue weighted by molar-refractivity contribution is 7.20. The fraction of sp³-hybridized carbons (Fsp3) is 0.357. The van der Waals surface area contributed by atoms with E-state index in [2.05, 4.69) is 14.7 Å². The molecule has 1 atom stereocenters.